The van der Waals surface area contributed by atoms with Gasteiger partial charge in [0.15, 0.2) is 0 Å². The minimum Gasteiger partial charge on any atom is -0.505 e. The fourth-order valence-corrected chi connectivity index (χ4v) is 2.23. The Labute approximate surface area is 126 Å². The Bertz CT molecular complexity index is 799. The molecular weight excluding hydrogens is 284 g/mol. The van der Waals surface area contributed by atoms with E-state index in [0.717, 1.165) is 0 Å². The zero-order valence-corrected chi connectivity index (χ0v) is 11.6. The number of amides is 1. The Hall–Kier alpha value is -2.86. The predicted molar refractivity (Wildman–Crippen MR) is 79.4 cm³/mol. The van der Waals surface area contributed by atoms with Crippen LogP contribution in [0, 0.1) is 0 Å². The number of hydrogen-bond donors (Lipinski definition) is 3. The van der Waals surface area contributed by atoms with Crippen LogP contribution in [-0.4, -0.2) is 27.6 Å². The van der Waals surface area contributed by atoms with Gasteiger partial charge >= 0.3 is 0 Å². The Morgan fingerprint density at radius 3 is 2.86 bits per heavy atom. The summed E-state index contributed by atoms with van der Waals surface area (Å²) in [6.07, 6.45) is 1.73. The van der Waals surface area contributed by atoms with E-state index in [9.17, 15) is 15.0 Å². The van der Waals surface area contributed by atoms with Gasteiger partial charge in [0.05, 0.1) is 30.1 Å². The summed E-state index contributed by atoms with van der Waals surface area (Å²) in [6, 6.07) is 10.3. The van der Waals surface area contributed by atoms with E-state index in [1.165, 1.54) is 12.5 Å². The maximum Gasteiger partial charge on any atom is 0.255 e. The fraction of sp³-hybridized carbons (Fsp3) is 0.125. The molecular formula is C16H14N2O4. The number of nitrogens with one attached hydrogen (secondary N) is 1. The average Bonchev–Trinajstić information content (AvgIpc) is 3.06. The average molecular weight is 298 g/mol. The monoisotopic (exact) mass is 298 g/mol. The zero-order chi connectivity index (χ0) is 15.5. The third-order valence-electron chi connectivity index (χ3n) is 3.31. The number of benzene rings is 1. The number of aromatic hydroxyl groups is 1. The van der Waals surface area contributed by atoms with Crippen LogP contribution in [0.25, 0.3) is 10.9 Å². The molecule has 1 aromatic carbocycles. The fourth-order valence-electron chi connectivity index (χ4n) is 2.23. The zero-order valence-electron chi connectivity index (χ0n) is 11.6. The summed E-state index contributed by atoms with van der Waals surface area (Å²) >= 11 is 0. The molecule has 3 aromatic rings. The van der Waals surface area contributed by atoms with Crippen molar-refractivity contribution >= 4 is 16.8 Å². The molecule has 1 unspecified atom stereocenters. The molecule has 3 rings (SSSR count). The molecule has 3 N–H and O–H groups in total. The standard InChI is InChI=1S/C16H14N2O4/c19-12(14-6-3-7-22-14)8-18-16(21)15-10-4-1-2-5-11(10)17-9-13(15)20/h1-7,9,12,19-20H,8H2,(H,18,21). The maximum atomic E-state index is 12.3. The smallest absolute Gasteiger partial charge is 0.255 e. The van der Waals surface area contributed by atoms with Crippen LogP contribution in [0.2, 0.25) is 0 Å². The highest BCUT2D eigenvalue weighted by Crippen LogP contribution is 2.25. The van der Waals surface area contributed by atoms with Gasteiger partial charge in [0.1, 0.15) is 17.6 Å². The molecule has 2 heterocycles. The molecule has 112 valence electrons. The van der Waals surface area contributed by atoms with Crippen molar-refractivity contribution < 1.29 is 19.4 Å². The van der Waals surface area contributed by atoms with Gasteiger partial charge in [-0.05, 0) is 18.2 Å². The molecule has 6 heteroatoms. The third kappa shape index (κ3) is 2.64. The van der Waals surface area contributed by atoms with Crippen LogP contribution >= 0.6 is 0 Å². The molecule has 6 nitrogen and oxygen atoms in total. The van der Waals surface area contributed by atoms with Crippen LogP contribution in [0.4, 0.5) is 0 Å². The number of aliphatic hydroxyl groups excluding tert-OH is 1. The van der Waals surface area contributed by atoms with Gasteiger partial charge in [0, 0.05) is 5.39 Å². The lowest BCUT2D eigenvalue weighted by Gasteiger charge is -2.12. The van der Waals surface area contributed by atoms with E-state index < -0.39 is 12.0 Å². The molecule has 0 saturated heterocycles. The van der Waals surface area contributed by atoms with Crippen LogP contribution in [0.1, 0.15) is 22.2 Å². The van der Waals surface area contributed by atoms with Crippen molar-refractivity contribution in [2.24, 2.45) is 0 Å². The van der Waals surface area contributed by atoms with Crippen molar-refractivity contribution in [2.75, 3.05) is 6.54 Å². The van der Waals surface area contributed by atoms with Gasteiger partial charge in [0.25, 0.3) is 5.91 Å². The minimum atomic E-state index is -0.950. The largest absolute Gasteiger partial charge is 0.505 e. The van der Waals surface area contributed by atoms with E-state index in [4.69, 9.17) is 4.42 Å². The molecule has 0 radical (unpaired) electrons. The van der Waals surface area contributed by atoms with Gasteiger partial charge in [-0.25, -0.2) is 0 Å². The summed E-state index contributed by atoms with van der Waals surface area (Å²) in [6.45, 7) is -0.0254. The van der Waals surface area contributed by atoms with Gasteiger partial charge in [-0.2, -0.15) is 0 Å². The van der Waals surface area contributed by atoms with Crippen molar-refractivity contribution in [1.29, 1.82) is 0 Å². The van der Waals surface area contributed by atoms with Gasteiger partial charge in [-0.1, -0.05) is 18.2 Å². The van der Waals surface area contributed by atoms with Crippen LogP contribution in [0.3, 0.4) is 0 Å². The number of carbonyl (C=O) groups excluding carboxylic acids is 1. The molecule has 0 fully saturated rings. The maximum absolute atomic E-state index is 12.3. The molecule has 2 aromatic heterocycles. The van der Waals surface area contributed by atoms with Crippen LogP contribution in [-0.2, 0) is 0 Å². The minimum absolute atomic E-state index is 0.0254. The third-order valence-corrected chi connectivity index (χ3v) is 3.31. The van der Waals surface area contributed by atoms with Crippen LogP contribution < -0.4 is 5.32 Å². The van der Waals surface area contributed by atoms with Gasteiger partial charge < -0.3 is 19.9 Å². The second-order valence-corrected chi connectivity index (χ2v) is 4.78. The first-order valence-corrected chi connectivity index (χ1v) is 6.73. The van der Waals surface area contributed by atoms with E-state index in [1.54, 1.807) is 36.4 Å². The first kappa shape index (κ1) is 14.1. The first-order chi connectivity index (χ1) is 10.7. The summed E-state index contributed by atoms with van der Waals surface area (Å²) in [5.74, 6) is -0.325. The van der Waals surface area contributed by atoms with E-state index in [2.05, 4.69) is 10.3 Å². The quantitative estimate of drug-likeness (QED) is 0.684. The van der Waals surface area contributed by atoms with Crippen molar-refractivity contribution in [3.63, 3.8) is 0 Å². The van der Waals surface area contributed by atoms with Gasteiger partial charge in [-0.3, -0.25) is 9.78 Å². The van der Waals surface area contributed by atoms with E-state index in [-0.39, 0.29) is 17.9 Å². The number of hydrogen-bond acceptors (Lipinski definition) is 5. The van der Waals surface area contributed by atoms with E-state index in [0.29, 0.717) is 16.7 Å². The number of pyridine rings is 1. The number of aliphatic hydroxyl groups is 1. The lowest BCUT2D eigenvalue weighted by Crippen LogP contribution is -2.28. The normalized spacial score (nSPS) is 12.2. The number of furan rings is 1. The first-order valence-electron chi connectivity index (χ1n) is 6.73. The highest BCUT2D eigenvalue weighted by atomic mass is 16.4. The molecule has 0 bridgehead atoms. The lowest BCUT2D eigenvalue weighted by molar-refractivity contribution is 0.0900. The molecule has 0 aliphatic rings. The number of para-hydroxylation sites is 1. The Balaban J connectivity index is 1.82. The molecule has 0 aliphatic heterocycles. The number of carbonyl (C=O) groups is 1. The van der Waals surface area contributed by atoms with Crippen molar-refractivity contribution in [3.8, 4) is 5.75 Å². The highest BCUT2D eigenvalue weighted by molar-refractivity contribution is 6.08. The lowest BCUT2D eigenvalue weighted by atomic mass is 10.1. The Morgan fingerprint density at radius 1 is 1.27 bits per heavy atom. The number of nitrogens with zero attached hydrogens (tertiary/aromatic N) is 1. The van der Waals surface area contributed by atoms with Gasteiger partial charge in [0.2, 0.25) is 0 Å². The molecule has 22 heavy (non-hydrogen) atoms. The summed E-state index contributed by atoms with van der Waals surface area (Å²) in [7, 11) is 0. The Morgan fingerprint density at radius 2 is 2.09 bits per heavy atom. The molecule has 0 spiro atoms. The summed E-state index contributed by atoms with van der Waals surface area (Å²) in [5, 5.41) is 23.0. The number of fused-ring (bicyclic) bond motifs is 1. The van der Waals surface area contributed by atoms with Crippen LogP contribution in [0.15, 0.2) is 53.3 Å². The number of rotatable bonds is 4. The van der Waals surface area contributed by atoms with Crippen molar-refractivity contribution in [1.82, 2.24) is 10.3 Å². The second kappa shape index (κ2) is 5.87. The van der Waals surface area contributed by atoms with Crippen molar-refractivity contribution in [3.05, 3.63) is 60.2 Å². The van der Waals surface area contributed by atoms with Crippen LogP contribution in [0.5, 0.6) is 5.75 Å². The van der Waals surface area contributed by atoms with E-state index >= 15 is 0 Å². The van der Waals surface area contributed by atoms with E-state index in [1.807, 2.05) is 0 Å². The topological polar surface area (TPSA) is 95.6 Å². The molecule has 1 atom stereocenters. The summed E-state index contributed by atoms with van der Waals surface area (Å²) < 4.78 is 5.07. The highest BCUT2D eigenvalue weighted by Gasteiger charge is 2.18. The molecule has 1 amide bonds. The number of aromatic nitrogens is 1. The van der Waals surface area contributed by atoms with Gasteiger partial charge in [-0.15, -0.1) is 0 Å². The SMILES string of the molecule is O=C(NCC(O)c1ccco1)c1c(O)cnc2ccccc12. The summed E-state index contributed by atoms with van der Waals surface area (Å²) in [5.41, 5.74) is 0.745. The molecule has 0 saturated carbocycles. The molecule has 0 aliphatic carbocycles. The second-order valence-electron chi connectivity index (χ2n) is 4.78. The predicted octanol–water partition coefficient (Wildman–Crippen LogP) is 2.00. The van der Waals surface area contributed by atoms with Crippen molar-refractivity contribution in [2.45, 2.75) is 6.10 Å². The summed E-state index contributed by atoms with van der Waals surface area (Å²) in [4.78, 5) is 16.4. The Kier molecular flexibility index (Phi) is 3.76.